The third-order valence-electron chi connectivity index (χ3n) is 4.11. The summed E-state index contributed by atoms with van der Waals surface area (Å²) >= 11 is 0. The van der Waals surface area contributed by atoms with E-state index in [1.807, 2.05) is 13.8 Å². The molecular weight excluding hydrogens is 238 g/mol. The Morgan fingerprint density at radius 2 is 2.11 bits per heavy atom. The Balaban J connectivity index is 2.32. The summed E-state index contributed by atoms with van der Waals surface area (Å²) in [5.41, 5.74) is 4.04. The van der Waals surface area contributed by atoms with Crippen LogP contribution < -0.4 is 10.1 Å². The highest BCUT2D eigenvalue weighted by Gasteiger charge is 2.23. The fourth-order valence-corrected chi connectivity index (χ4v) is 2.91. The number of ketones is 1. The van der Waals surface area contributed by atoms with Crippen LogP contribution in [0.15, 0.2) is 6.07 Å². The van der Waals surface area contributed by atoms with Crippen LogP contribution in [0.1, 0.15) is 39.9 Å². The smallest absolute Gasteiger partial charge is 0.167 e. The highest BCUT2D eigenvalue weighted by molar-refractivity contribution is 6.00. The van der Waals surface area contributed by atoms with Crippen LogP contribution in [-0.4, -0.2) is 26.0 Å². The van der Waals surface area contributed by atoms with Crippen LogP contribution in [0.25, 0.3) is 0 Å². The summed E-state index contributed by atoms with van der Waals surface area (Å²) in [6, 6.07) is 2.08. The van der Waals surface area contributed by atoms with Crippen molar-refractivity contribution in [2.75, 3.05) is 20.2 Å². The predicted molar refractivity (Wildman–Crippen MR) is 77.1 cm³/mol. The van der Waals surface area contributed by atoms with Crippen molar-refractivity contribution in [3.8, 4) is 5.75 Å². The molecule has 1 aliphatic rings. The van der Waals surface area contributed by atoms with Crippen molar-refractivity contribution >= 4 is 5.78 Å². The van der Waals surface area contributed by atoms with E-state index in [2.05, 4.69) is 18.3 Å². The standard InChI is InChI=1S/C16H23NO2/c1-10-7-11(2)15(16(19-4)12(10)3)14(18)8-13-5-6-17-9-13/h7,13,17H,5-6,8-9H2,1-4H3. The van der Waals surface area contributed by atoms with E-state index in [0.29, 0.717) is 12.3 Å². The van der Waals surface area contributed by atoms with Gasteiger partial charge in [0.25, 0.3) is 0 Å². The molecule has 1 unspecified atom stereocenters. The van der Waals surface area contributed by atoms with Gasteiger partial charge in [0.2, 0.25) is 0 Å². The van der Waals surface area contributed by atoms with E-state index < -0.39 is 0 Å². The maximum Gasteiger partial charge on any atom is 0.167 e. The van der Waals surface area contributed by atoms with Crippen LogP contribution >= 0.6 is 0 Å². The fraction of sp³-hybridized carbons (Fsp3) is 0.562. The number of ether oxygens (including phenoxy) is 1. The lowest BCUT2D eigenvalue weighted by atomic mass is 9.91. The van der Waals surface area contributed by atoms with Gasteiger partial charge in [-0.2, -0.15) is 0 Å². The molecular formula is C16H23NO2. The fourth-order valence-electron chi connectivity index (χ4n) is 2.91. The number of rotatable bonds is 4. The van der Waals surface area contributed by atoms with Gasteiger partial charge >= 0.3 is 0 Å². The second kappa shape index (κ2) is 5.74. The van der Waals surface area contributed by atoms with Gasteiger partial charge in [0, 0.05) is 6.42 Å². The maximum atomic E-state index is 12.6. The quantitative estimate of drug-likeness (QED) is 0.847. The molecule has 0 bridgehead atoms. The van der Waals surface area contributed by atoms with Gasteiger partial charge in [-0.25, -0.2) is 0 Å². The van der Waals surface area contributed by atoms with Gasteiger partial charge in [-0.05, 0) is 62.9 Å². The first-order valence-electron chi connectivity index (χ1n) is 6.93. The van der Waals surface area contributed by atoms with Gasteiger partial charge in [0.05, 0.1) is 12.7 Å². The van der Waals surface area contributed by atoms with Gasteiger partial charge in [0.15, 0.2) is 5.78 Å². The zero-order valence-corrected chi connectivity index (χ0v) is 12.3. The van der Waals surface area contributed by atoms with Crippen molar-refractivity contribution < 1.29 is 9.53 Å². The Labute approximate surface area is 115 Å². The second-order valence-electron chi connectivity index (χ2n) is 5.53. The number of methoxy groups -OCH3 is 1. The average Bonchev–Trinajstić information content (AvgIpc) is 2.85. The minimum absolute atomic E-state index is 0.214. The summed E-state index contributed by atoms with van der Waals surface area (Å²) in [5, 5.41) is 3.31. The molecule has 19 heavy (non-hydrogen) atoms. The van der Waals surface area contributed by atoms with E-state index in [4.69, 9.17) is 4.74 Å². The van der Waals surface area contributed by atoms with E-state index in [9.17, 15) is 4.79 Å². The lowest BCUT2D eigenvalue weighted by Gasteiger charge is -2.17. The molecule has 1 heterocycles. The largest absolute Gasteiger partial charge is 0.496 e. The molecule has 2 rings (SSSR count). The van der Waals surface area contributed by atoms with Crippen LogP contribution in [0.2, 0.25) is 0 Å². The van der Waals surface area contributed by atoms with Crippen molar-refractivity contribution in [3.63, 3.8) is 0 Å². The molecule has 0 radical (unpaired) electrons. The van der Waals surface area contributed by atoms with Gasteiger partial charge in [-0.1, -0.05) is 6.07 Å². The topological polar surface area (TPSA) is 38.3 Å². The molecule has 0 aromatic heterocycles. The highest BCUT2D eigenvalue weighted by Crippen LogP contribution is 2.31. The molecule has 1 atom stereocenters. The normalized spacial score (nSPS) is 18.6. The summed E-state index contributed by atoms with van der Waals surface area (Å²) < 4.78 is 5.49. The molecule has 3 nitrogen and oxygen atoms in total. The maximum absolute atomic E-state index is 12.6. The first-order chi connectivity index (χ1) is 9.04. The van der Waals surface area contributed by atoms with Crippen LogP contribution in [0.3, 0.4) is 0 Å². The lowest BCUT2D eigenvalue weighted by molar-refractivity contribution is 0.0961. The van der Waals surface area contributed by atoms with E-state index >= 15 is 0 Å². The van der Waals surface area contributed by atoms with Gasteiger partial charge < -0.3 is 10.1 Å². The van der Waals surface area contributed by atoms with Crippen molar-refractivity contribution in [2.45, 2.75) is 33.6 Å². The Morgan fingerprint density at radius 1 is 1.37 bits per heavy atom. The Bertz CT molecular complexity index is 488. The molecule has 1 aromatic rings. The highest BCUT2D eigenvalue weighted by atomic mass is 16.5. The van der Waals surface area contributed by atoms with Crippen molar-refractivity contribution in [3.05, 3.63) is 28.3 Å². The zero-order valence-electron chi connectivity index (χ0n) is 12.3. The number of nitrogens with one attached hydrogen (secondary N) is 1. The number of hydrogen-bond donors (Lipinski definition) is 1. The van der Waals surface area contributed by atoms with Crippen LogP contribution in [0.5, 0.6) is 5.75 Å². The van der Waals surface area contributed by atoms with Crippen LogP contribution in [-0.2, 0) is 0 Å². The SMILES string of the molecule is COc1c(C)c(C)cc(C)c1C(=O)CC1CCNC1. The van der Waals surface area contributed by atoms with Crippen molar-refractivity contribution in [2.24, 2.45) is 5.92 Å². The minimum atomic E-state index is 0.214. The summed E-state index contributed by atoms with van der Waals surface area (Å²) in [6.45, 7) is 8.05. The zero-order chi connectivity index (χ0) is 14.0. The summed E-state index contributed by atoms with van der Waals surface area (Å²) in [6.07, 6.45) is 1.71. The molecule has 1 fully saturated rings. The van der Waals surface area contributed by atoms with E-state index in [1.165, 1.54) is 5.56 Å². The van der Waals surface area contributed by atoms with Crippen molar-refractivity contribution in [1.29, 1.82) is 0 Å². The second-order valence-corrected chi connectivity index (χ2v) is 5.53. The van der Waals surface area contributed by atoms with Crippen LogP contribution in [0.4, 0.5) is 0 Å². The molecule has 1 aromatic carbocycles. The van der Waals surface area contributed by atoms with E-state index in [0.717, 1.165) is 42.0 Å². The Kier molecular flexibility index (Phi) is 4.25. The molecule has 0 amide bonds. The number of aryl methyl sites for hydroxylation is 2. The van der Waals surface area contributed by atoms with E-state index in [-0.39, 0.29) is 5.78 Å². The monoisotopic (exact) mass is 261 g/mol. The summed E-state index contributed by atoms with van der Waals surface area (Å²) in [4.78, 5) is 12.6. The van der Waals surface area contributed by atoms with E-state index in [1.54, 1.807) is 7.11 Å². The molecule has 0 spiro atoms. The first-order valence-corrected chi connectivity index (χ1v) is 6.93. The molecule has 1 aliphatic heterocycles. The molecule has 1 N–H and O–H groups in total. The number of Topliss-reactive ketones (excluding diaryl/α,β-unsaturated/α-hetero) is 1. The van der Waals surface area contributed by atoms with Gasteiger partial charge in [-0.3, -0.25) is 4.79 Å². The number of hydrogen-bond acceptors (Lipinski definition) is 3. The molecule has 3 heteroatoms. The summed E-state index contributed by atoms with van der Waals surface area (Å²) in [5.74, 6) is 1.44. The number of benzene rings is 1. The lowest BCUT2D eigenvalue weighted by Crippen LogP contribution is -2.15. The predicted octanol–water partition coefficient (Wildman–Crippen LogP) is 2.80. The molecule has 0 aliphatic carbocycles. The molecule has 1 saturated heterocycles. The van der Waals surface area contributed by atoms with Gasteiger partial charge in [0.1, 0.15) is 5.75 Å². The molecule has 104 valence electrons. The Hall–Kier alpha value is -1.35. The minimum Gasteiger partial charge on any atom is -0.496 e. The molecule has 0 saturated carbocycles. The van der Waals surface area contributed by atoms with Crippen LogP contribution in [0, 0.1) is 26.7 Å². The number of carbonyl (C=O) groups excluding carboxylic acids is 1. The van der Waals surface area contributed by atoms with Gasteiger partial charge in [-0.15, -0.1) is 0 Å². The first kappa shape index (κ1) is 14.1. The average molecular weight is 261 g/mol. The number of carbonyl (C=O) groups is 1. The third-order valence-corrected chi connectivity index (χ3v) is 4.11. The van der Waals surface area contributed by atoms with Crippen molar-refractivity contribution in [1.82, 2.24) is 5.32 Å². The Morgan fingerprint density at radius 3 is 2.68 bits per heavy atom. The third kappa shape index (κ3) is 2.81. The summed E-state index contributed by atoms with van der Waals surface area (Å²) in [7, 11) is 1.65.